The van der Waals surface area contributed by atoms with Crippen LogP contribution < -0.4 is 5.73 Å². The van der Waals surface area contributed by atoms with Crippen molar-refractivity contribution >= 4 is 12.1 Å². The van der Waals surface area contributed by atoms with Crippen molar-refractivity contribution in [2.45, 2.75) is 0 Å². The van der Waals surface area contributed by atoms with Crippen LogP contribution in [0, 0.1) is 5.41 Å². The van der Waals surface area contributed by atoms with Crippen LogP contribution >= 0.6 is 0 Å². The van der Waals surface area contributed by atoms with Gasteiger partial charge < -0.3 is 11.1 Å². The van der Waals surface area contributed by atoms with E-state index in [-0.39, 0.29) is 5.56 Å². The van der Waals surface area contributed by atoms with E-state index in [4.69, 9.17) is 11.1 Å². The van der Waals surface area contributed by atoms with Gasteiger partial charge in [-0.1, -0.05) is 0 Å². The fourth-order valence-corrected chi connectivity index (χ4v) is 0.737. The molecule has 0 aliphatic heterocycles. The second kappa shape index (κ2) is 2.92. The SMILES string of the molecule is N=Cc1ccncc1C(N)=O. The van der Waals surface area contributed by atoms with Gasteiger partial charge in [0.25, 0.3) is 5.91 Å². The molecule has 1 amide bonds. The van der Waals surface area contributed by atoms with Gasteiger partial charge >= 0.3 is 0 Å². The lowest BCUT2D eigenvalue weighted by Crippen LogP contribution is -2.13. The highest BCUT2D eigenvalue weighted by Gasteiger charge is 2.03. The summed E-state index contributed by atoms with van der Waals surface area (Å²) in [6.07, 6.45) is 3.93. The monoisotopic (exact) mass is 149 g/mol. The van der Waals surface area contributed by atoms with Gasteiger partial charge in [0.15, 0.2) is 0 Å². The van der Waals surface area contributed by atoms with E-state index in [0.29, 0.717) is 5.56 Å². The Morgan fingerprint density at radius 1 is 1.73 bits per heavy atom. The lowest BCUT2D eigenvalue weighted by atomic mass is 10.1. The van der Waals surface area contributed by atoms with Crippen molar-refractivity contribution in [1.82, 2.24) is 4.98 Å². The van der Waals surface area contributed by atoms with Gasteiger partial charge in [0.1, 0.15) is 0 Å². The molecule has 1 aromatic rings. The van der Waals surface area contributed by atoms with Gasteiger partial charge in [-0.05, 0) is 6.07 Å². The van der Waals surface area contributed by atoms with Crippen LogP contribution in [0.15, 0.2) is 18.5 Å². The standard InChI is InChI=1S/C7H7N3O/c8-3-5-1-2-10-4-6(5)7(9)11/h1-4,8H,(H2,9,11). The molecule has 56 valence electrons. The number of hydrogen-bond donors (Lipinski definition) is 2. The third kappa shape index (κ3) is 1.40. The Labute approximate surface area is 63.6 Å². The van der Waals surface area contributed by atoms with Crippen molar-refractivity contribution in [2.75, 3.05) is 0 Å². The Morgan fingerprint density at radius 3 is 2.91 bits per heavy atom. The molecule has 0 fully saturated rings. The maximum Gasteiger partial charge on any atom is 0.250 e. The van der Waals surface area contributed by atoms with Crippen molar-refractivity contribution in [2.24, 2.45) is 5.73 Å². The van der Waals surface area contributed by atoms with Crippen LogP contribution in [0.4, 0.5) is 0 Å². The summed E-state index contributed by atoms with van der Waals surface area (Å²) in [5, 5.41) is 6.92. The lowest BCUT2D eigenvalue weighted by molar-refractivity contribution is 0.1000. The number of nitrogens with two attached hydrogens (primary N) is 1. The molecule has 11 heavy (non-hydrogen) atoms. The first-order valence-corrected chi connectivity index (χ1v) is 3.00. The number of carbonyl (C=O) groups is 1. The largest absolute Gasteiger partial charge is 0.366 e. The molecule has 0 saturated heterocycles. The van der Waals surface area contributed by atoms with E-state index in [1.165, 1.54) is 12.4 Å². The fourth-order valence-electron chi connectivity index (χ4n) is 0.737. The first-order valence-electron chi connectivity index (χ1n) is 3.00. The molecule has 0 radical (unpaired) electrons. The molecule has 4 nitrogen and oxygen atoms in total. The summed E-state index contributed by atoms with van der Waals surface area (Å²) < 4.78 is 0. The lowest BCUT2D eigenvalue weighted by Gasteiger charge is -1.97. The second-order valence-corrected chi connectivity index (χ2v) is 1.97. The van der Waals surface area contributed by atoms with Crippen LogP contribution in [0.25, 0.3) is 0 Å². The molecule has 1 rings (SSSR count). The van der Waals surface area contributed by atoms with Crippen molar-refractivity contribution in [3.8, 4) is 0 Å². The van der Waals surface area contributed by atoms with Gasteiger partial charge in [0, 0.05) is 24.2 Å². The number of aromatic nitrogens is 1. The van der Waals surface area contributed by atoms with E-state index in [1.54, 1.807) is 6.07 Å². The van der Waals surface area contributed by atoms with E-state index >= 15 is 0 Å². The Balaban J connectivity index is 3.22. The highest BCUT2D eigenvalue weighted by molar-refractivity contribution is 6.00. The van der Waals surface area contributed by atoms with Crippen LogP contribution in [0.3, 0.4) is 0 Å². The summed E-state index contributed by atoms with van der Waals surface area (Å²) in [6.45, 7) is 0. The number of rotatable bonds is 2. The Hall–Kier alpha value is -1.71. The van der Waals surface area contributed by atoms with Crippen LogP contribution in [0.1, 0.15) is 15.9 Å². The van der Waals surface area contributed by atoms with Gasteiger partial charge in [0.2, 0.25) is 0 Å². The maximum absolute atomic E-state index is 10.7. The summed E-state index contributed by atoms with van der Waals surface area (Å²) in [5.74, 6) is -0.559. The van der Waals surface area contributed by atoms with E-state index < -0.39 is 5.91 Å². The molecule has 0 aromatic carbocycles. The summed E-state index contributed by atoms with van der Waals surface area (Å²) in [7, 11) is 0. The molecule has 0 spiro atoms. The topological polar surface area (TPSA) is 79.8 Å². The highest BCUT2D eigenvalue weighted by Crippen LogP contribution is 2.01. The van der Waals surface area contributed by atoms with Gasteiger partial charge in [-0.2, -0.15) is 0 Å². The minimum atomic E-state index is -0.559. The molecule has 0 aliphatic rings. The molecular weight excluding hydrogens is 142 g/mol. The summed E-state index contributed by atoms with van der Waals surface area (Å²) in [6, 6.07) is 1.56. The van der Waals surface area contributed by atoms with Crippen LogP contribution in [-0.2, 0) is 0 Å². The predicted octanol–water partition coefficient (Wildman–Crippen LogP) is 0.178. The fraction of sp³-hybridized carbons (Fsp3) is 0. The molecule has 0 atom stereocenters. The van der Waals surface area contributed by atoms with Gasteiger partial charge in [-0.3, -0.25) is 9.78 Å². The number of nitrogens with zero attached hydrogens (tertiary/aromatic N) is 1. The summed E-state index contributed by atoms with van der Waals surface area (Å²) in [5.41, 5.74) is 5.78. The molecule has 0 bridgehead atoms. The number of primary amides is 1. The Kier molecular flexibility index (Phi) is 1.96. The van der Waals surface area contributed by atoms with Crippen molar-refractivity contribution in [3.05, 3.63) is 29.6 Å². The average Bonchev–Trinajstić information content (AvgIpc) is 2.04. The third-order valence-corrected chi connectivity index (χ3v) is 1.28. The molecule has 3 N–H and O–H groups in total. The van der Waals surface area contributed by atoms with Gasteiger partial charge in [-0.25, -0.2) is 0 Å². The zero-order valence-corrected chi connectivity index (χ0v) is 5.74. The number of amides is 1. The predicted molar refractivity (Wildman–Crippen MR) is 40.6 cm³/mol. The van der Waals surface area contributed by atoms with Crippen LogP contribution in [-0.4, -0.2) is 17.1 Å². The number of pyridine rings is 1. The molecule has 0 unspecified atom stereocenters. The van der Waals surface area contributed by atoms with Gasteiger partial charge in [0.05, 0.1) is 5.56 Å². The quantitative estimate of drug-likeness (QED) is 0.588. The number of hydrogen-bond acceptors (Lipinski definition) is 3. The number of carbonyl (C=O) groups excluding carboxylic acids is 1. The van der Waals surface area contributed by atoms with Crippen molar-refractivity contribution in [3.63, 3.8) is 0 Å². The zero-order valence-electron chi connectivity index (χ0n) is 5.74. The van der Waals surface area contributed by atoms with Crippen LogP contribution in [0.5, 0.6) is 0 Å². The molecule has 0 saturated carbocycles. The van der Waals surface area contributed by atoms with Crippen LogP contribution in [0.2, 0.25) is 0 Å². The maximum atomic E-state index is 10.7. The Morgan fingerprint density at radius 2 is 2.45 bits per heavy atom. The molecule has 1 aromatic heterocycles. The molecule has 1 heterocycles. The summed E-state index contributed by atoms with van der Waals surface area (Å²) in [4.78, 5) is 14.4. The van der Waals surface area contributed by atoms with E-state index in [1.807, 2.05) is 0 Å². The first kappa shape index (κ1) is 7.40. The Bertz CT molecular complexity index is 295. The minimum Gasteiger partial charge on any atom is -0.366 e. The molecule has 4 heteroatoms. The second-order valence-electron chi connectivity index (χ2n) is 1.97. The number of nitrogens with one attached hydrogen (secondary N) is 1. The molecular formula is C7H7N3O. The smallest absolute Gasteiger partial charge is 0.250 e. The highest BCUT2D eigenvalue weighted by atomic mass is 16.1. The average molecular weight is 149 g/mol. The first-order chi connectivity index (χ1) is 5.25. The zero-order chi connectivity index (χ0) is 8.27. The van der Waals surface area contributed by atoms with E-state index in [2.05, 4.69) is 4.98 Å². The third-order valence-electron chi connectivity index (χ3n) is 1.28. The van der Waals surface area contributed by atoms with E-state index in [0.717, 1.165) is 6.21 Å². The minimum absolute atomic E-state index is 0.280. The normalized spacial score (nSPS) is 9.09. The molecule has 0 aliphatic carbocycles. The van der Waals surface area contributed by atoms with Crippen molar-refractivity contribution < 1.29 is 4.79 Å². The van der Waals surface area contributed by atoms with Crippen molar-refractivity contribution in [1.29, 1.82) is 5.41 Å². The van der Waals surface area contributed by atoms with Gasteiger partial charge in [-0.15, -0.1) is 0 Å². The van der Waals surface area contributed by atoms with E-state index in [9.17, 15) is 4.79 Å². The summed E-state index contributed by atoms with van der Waals surface area (Å²) >= 11 is 0.